The van der Waals surface area contributed by atoms with Crippen LogP contribution in [0.2, 0.25) is 0 Å². The van der Waals surface area contributed by atoms with Crippen molar-refractivity contribution in [2.75, 3.05) is 14.2 Å². The van der Waals surface area contributed by atoms with Crippen molar-refractivity contribution in [1.82, 2.24) is 5.32 Å². The first-order valence-electron chi connectivity index (χ1n) is 8.30. The monoisotopic (exact) mass is 339 g/mol. The molecular weight excluding hydrogens is 314 g/mol. The summed E-state index contributed by atoms with van der Waals surface area (Å²) >= 11 is 0. The van der Waals surface area contributed by atoms with E-state index in [1.54, 1.807) is 20.3 Å². The fourth-order valence-corrected chi connectivity index (χ4v) is 2.40. The number of nitrogens with one attached hydrogen (secondary N) is 1. The van der Waals surface area contributed by atoms with Gasteiger partial charge in [-0.3, -0.25) is 4.79 Å². The third-order valence-corrected chi connectivity index (χ3v) is 3.95. The predicted molar refractivity (Wildman–Crippen MR) is 101 cm³/mol. The van der Waals surface area contributed by atoms with Crippen LogP contribution in [0.3, 0.4) is 0 Å². The van der Waals surface area contributed by atoms with Gasteiger partial charge in [0.25, 0.3) is 0 Å². The van der Waals surface area contributed by atoms with E-state index >= 15 is 0 Å². The Morgan fingerprint density at radius 3 is 2.32 bits per heavy atom. The summed E-state index contributed by atoms with van der Waals surface area (Å²) in [5.41, 5.74) is 3.25. The number of carbonyl (C=O) groups excluding carboxylic acids is 1. The van der Waals surface area contributed by atoms with Crippen molar-refractivity contribution in [2.45, 2.75) is 26.3 Å². The average Bonchev–Trinajstić information content (AvgIpc) is 2.64. The quantitative estimate of drug-likeness (QED) is 0.771. The molecule has 0 saturated heterocycles. The lowest BCUT2D eigenvalue weighted by Crippen LogP contribution is -2.20. The number of hydrogen-bond donors (Lipinski definition) is 1. The number of ether oxygens (including phenoxy) is 2. The zero-order chi connectivity index (χ0) is 18.2. The summed E-state index contributed by atoms with van der Waals surface area (Å²) in [6.45, 7) is 4.83. The van der Waals surface area contributed by atoms with Gasteiger partial charge < -0.3 is 14.8 Å². The maximum atomic E-state index is 12.0. The lowest BCUT2D eigenvalue weighted by molar-refractivity contribution is -0.116. The minimum Gasteiger partial charge on any atom is -0.493 e. The second-order valence-electron chi connectivity index (χ2n) is 6.06. The molecule has 0 heterocycles. The van der Waals surface area contributed by atoms with Crippen LogP contribution in [0.25, 0.3) is 6.08 Å². The Kier molecular flexibility index (Phi) is 6.63. The van der Waals surface area contributed by atoms with E-state index in [1.807, 2.05) is 30.3 Å². The highest BCUT2D eigenvalue weighted by Crippen LogP contribution is 2.27. The third-order valence-electron chi connectivity index (χ3n) is 3.95. The number of rotatable bonds is 7. The van der Waals surface area contributed by atoms with Crippen molar-refractivity contribution in [1.29, 1.82) is 0 Å². The Bertz CT molecular complexity index is 733. The van der Waals surface area contributed by atoms with Gasteiger partial charge in [0.15, 0.2) is 11.5 Å². The van der Waals surface area contributed by atoms with E-state index in [9.17, 15) is 4.79 Å². The molecule has 4 nitrogen and oxygen atoms in total. The maximum Gasteiger partial charge on any atom is 0.244 e. The average molecular weight is 339 g/mol. The van der Waals surface area contributed by atoms with E-state index in [0.717, 1.165) is 11.1 Å². The first-order valence-corrected chi connectivity index (χ1v) is 8.30. The zero-order valence-electron chi connectivity index (χ0n) is 15.2. The van der Waals surface area contributed by atoms with Gasteiger partial charge in [-0.2, -0.15) is 0 Å². The number of amides is 1. The Hall–Kier alpha value is -2.75. The van der Waals surface area contributed by atoms with E-state index in [1.165, 1.54) is 11.6 Å². The number of benzene rings is 2. The van der Waals surface area contributed by atoms with Crippen LogP contribution in [0, 0.1) is 0 Å². The van der Waals surface area contributed by atoms with Gasteiger partial charge in [0.05, 0.1) is 14.2 Å². The van der Waals surface area contributed by atoms with Crippen LogP contribution in [0.1, 0.15) is 36.5 Å². The summed E-state index contributed by atoms with van der Waals surface area (Å²) in [5.74, 6) is 1.67. The number of methoxy groups -OCH3 is 2. The molecule has 2 rings (SSSR count). The van der Waals surface area contributed by atoms with Gasteiger partial charge in [-0.15, -0.1) is 0 Å². The van der Waals surface area contributed by atoms with Gasteiger partial charge in [0, 0.05) is 12.6 Å². The molecule has 0 aromatic heterocycles. The van der Waals surface area contributed by atoms with Crippen LogP contribution < -0.4 is 14.8 Å². The second-order valence-corrected chi connectivity index (χ2v) is 6.06. The minimum absolute atomic E-state index is 0.136. The summed E-state index contributed by atoms with van der Waals surface area (Å²) in [6.07, 6.45) is 3.27. The SMILES string of the molecule is COc1ccc(C=CC(=O)NCc2ccc(C(C)C)cc2)cc1OC. The molecule has 0 unspecified atom stereocenters. The van der Waals surface area contributed by atoms with Crippen LogP contribution in [-0.2, 0) is 11.3 Å². The molecule has 0 radical (unpaired) electrons. The zero-order valence-corrected chi connectivity index (χ0v) is 15.2. The van der Waals surface area contributed by atoms with E-state index in [2.05, 4.69) is 31.3 Å². The highest BCUT2D eigenvalue weighted by molar-refractivity contribution is 5.91. The molecule has 0 aliphatic heterocycles. The Labute approximate surface area is 149 Å². The molecule has 0 aliphatic rings. The van der Waals surface area contributed by atoms with Crippen LogP contribution in [0.15, 0.2) is 48.5 Å². The van der Waals surface area contributed by atoms with E-state index in [0.29, 0.717) is 24.0 Å². The fourth-order valence-electron chi connectivity index (χ4n) is 2.40. The van der Waals surface area contributed by atoms with E-state index < -0.39 is 0 Å². The second kappa shape index (κ2) is 8.92. The number of hydrogen-bond acceptors (Lipinski definition) is 3. The molecule has 0 aliphatic carbocycles. The molecule has 0 bridgehead atoms. The predicted octanol–water partition coefficient (Wildman–Crippen LogP) is 4.16. The lowest BCUT2D eigenvalue weighted by Gasteiger charge is -2.08. The smallest absolute Gasteiger partial charge is 0.244 e. The van der Waals surface area contributed by atoms with Crippen molar-refractivity contribution in [3.05, 3.63) is 65.2 Å². The van der Waals surface area contributed by atoms with Crippen molar-refractivity contribution >= 4 is 12.0 Å². The molecule has 0 saturated carbocycles. The number of carbonyl (C=O) groups is 1. The Balaban J connectivity index is 1.92. The molecule has 2 aromatic rings. The first-order chi connectivity index (χ1) is 12.0. The largest absolute Gasteiger partial charge is 0.493 e. The van der Waals surface area contributed by atoms with Crippen molar-refractivity contribution in [3.63, 3.8) is 0 Å². The molecule has 2 aromatic carbocycles. The van der Waals surface area contributed by atoms with Crippen LogP contribution in [-0.4, -0.2) is 20.1 Å². The Morgan fingerprint density at radius 1 is 1.04 bits per heavy atom. The van der Waals surface area contributed by atoms with Crippen LogP contribution >= 0.6 is 0 Å². The maximum absolute atomic E-state index is 12.0. The van der Waals surface area contributed by atoms with E-state index in [4.69, 9.17) is 9.47 Å². The third kappa shape index (κ3) is 5.38. The van der Waals surface area contributed by atoms with Gasteiger partial charge in [-0.05, 0) is 40.8 Å². The highest BCUT2D eigenvalue weighted by Gasteiger charge is 2.04. The van der Waals surface area contributed by atoms with Gasteiger partial charge in [0.1, 0.15) is 0 Å². The summed E-state index contributed by atoms with van der Waals surface area (Å²) < 4.78 is 10.5. The molecule has 4 heteroatoms. The molecule has 132 valence electrons. The molecule has 0 atom stereocenters. The van der Waals surface area contributed by atoms with Gasteiger partial charge in [-0.1, -0.05) is 44.2 Å². The van der Waals surface area contributed by atoms with Crippen molar-refractivity contribution in [3.8, 4) is 11.5 Å². The highest BCUT2D eigenvalue weighted by atomic mass is 16.5. The topological polar surface area (TPSA) is 47.6 Å². The molecule has 0 spiro atoms. The van der Waals surface area contributed by atoms with Gasteiger partial charge >= 0.3 is 0 Å². The van der Waals surface area contributed by atoms with Crippen molar-refractivity contribution < 1.29 is 14.3 Å². The van der Waals surface area contributed by atoms with Gasteiger partial charge in [0.2, 0.25) is 5.91 Å². The molecule has 1 amide bonds. The van der Waals surface area contributed by atoms with E-state index in [-0.39, 0.29) is 5.91 Å². The summed E-state index contributed by atoms with van der Waals surface area (Å²) in [4.78, 5) is 12.0. The summed E-state index contributed by atoms with van der Waals surface area (Å²) in [7, 11) is 3.18. The summed E-state index contributed by atoms with van der Waals surface area (Å²) in [5, 5.41) is 2.89. The Morgan fingerprint density at radius 2 is 1.72 bits per heavy atom. The van der Waals surface area contributed by atoms with Crippen LogP contribution in [0.5, 0.6) is 11.5 Å². The summed E-state index contributed by atoms with van der Waals surface area (Å²) in [6, 6.07) is 13.8. The normalized spacial score (nSPS) is 10.9. The fraction of sp³-hybridized carbons (Fsp3) is 0.286. The molecular formula is C21H25NO3. The molecule has 25 heavy (non-hydrogen) atoms. The minimum atomic E-state index is -0.136. The molecule has 1 N–H and O–H groups in total. The van der Waals surface area contributed by atoms with Gasteiger partial charge in [-0.25, -0.2) is 0 Å². The standard InChI is InChI=1S/C21H25NO3/c1-15(2)18-9-5-17(6-10-18)14-22-21(23)12-8-16-7-11-19(24-3)20(13-16)25-4/h5-13,15H,14H2,1-4H3,(H,22,23). The van der Waals surface area contributed by atoms with Crippen LogP contribution in [0.4, 0.5) is 0 Å². The molecule has 0 fully saturated rings. The lowest BCUT2D eigenvalue weighted by atomic mass is 10.0. The van der Waals surface area contributed by atoms with Crippen molar-refractivity contribution in [2.24, 2.45) is 0 Å². The first kappa shape index (κ1) is 18.6.